The van der Waals surface area contributed by atoms with E-state index in [9.17, 15) is 51.0 Å². The van der Waals surface area contributed by atoms with E-state index in [1.165, 1.54) is 21.8 Å². The third kappa shape index (κ3) is 14.2. The number of nitrogen functional groups attached to an aromatic ring is 2. The Hall–Kier alpha value is -5.84. The molecule has 434 valence electrons. The number of nitrogens with zero attached hydrogens (tertiary/aromatic N) is 6. The number of anilines is 2. The van der Waals surface area contributed by atoms with Crippen LogP contribution < -0.4 is 32.6 Å². The number of carbonyl (C=O) groups excluding carboxylic acids is 2. The fourth-order valence-corrected chi connectivity index (χ4v) is 10.7. The van der Waals surface area contributed by atoms with E-state index in [-0.39, 0.29) is 107 Å². The number of amides is 1. The van der Waals surface area contributed by atoms with E-state index >= 15 is 0 Å². The minimum absolute atomic E-state index is 0.0368. The Morgan fingerprint density at radius 1 is 0.696 bits per heavy atom. The Balaban J connectivity index is 0.791. The number of benzene rings is 1. The van der Waals surface area contributed by atoms with Crippen LogP contribution in [0.2, 0.25) is 0 Å². The molecule has 79 heavy (non-hydrogen) atoms. The van der Waals surface area contributed by atoms with Gasteiger partial charge in [-0.25, -0.2) is 18.7 Å². The first-order chi connectivity index (χ1) is 37.6. The molecule has 5 aromatic rings. The lowest BCUT2D eigenvalue weighted by atomic mass is 10.1. The molecule has 0 radical (unpaired) electrons. The molecule has 1 aromatic carbocycles. The van der Waals surface area contributed by atoms with Gasteiger partial charge < -0.3 is 73.4 Å². The highest BCUT2D eigenvalue weighted by Gasteiger charge is 2.53. The number of aliphatic hydroxyl groups excluding tert-OH is 1. The zero-order valence-electron chi connectivity index (χ0n) is 42.2. The number of aliphatic hydroxyl groups is 1. The molecular weight excluding hydrogens is 1110 g/mol. The van der Waals surface area contributed by atoms with Crippen molar-refractivity contribution in [2.24, 2.45) is 0 Å². The predicted molar refractivity (Wildman–Crippen MR) is 260 cm³/mol. The minimum atomic E-state index is -4.24. The zero-order chi connectivity index (χ0) is 56.8. The fourth-order valence-electron chi connectivity index (χ4n) is 8.32. The number of carbonyl (C=O) groups is 2. The van der Waals surface area contributed by atoms with E-state index in [0.29, 0.717) is 0 Å². The second-order valence-electron chi connectivity index (χ2n) is 17.8. The Kier molecular flexibility index (Phi) is 19.3. The molecule has 7 heterocycles. The standard InChI is InChI=1S/C43H55F4N11O19P2/c1-20-25(44)27(46)35(28(47)26(20)45)75-24(60)5-7-67-9-11-69-13-15-70-14-12-68-10-8-66-6-4-23(59)52-29-33-21(73-40(29)57-18-50-30-36(57)53-42(48)55-38(30)62)16-71-79(3,65)77-34-22(17-72-78(2,64)76-33)74-41(32(34)61)58-19-51-31-37(58)54-43(49)56-39(31)63/h18-19,21-22,29,32-34,40-41,61H,4-17H2,1-3H3,(H,52,59)(H3,48,53,55,62)(H3,49,54,56,63)/t21-,22-,29+,32?,33?,34+,40-,41-,78?,79?/m1/s1. The maximum absolute atomic E-state index is 14.3. The summed E-state index contributed by atoms with van der Waals surface area (Å²) in [5, 5.41) is 14.4. The van der Waals surface area contributed by atoms with Crippen molar-refractivity contribution in [1.29, 1.82) is 0 Å². The molecule has 3 aliphatic heterocycles. The van der Waals surface area contributed by atoms with Crippen molar-refractivity contribution >= 4 is 61.3 Å². The number of rotatable bonds is 22. The van der Waals surface area contributed by atoms with Crippen LogP contribution in [0, 0.1) is 30.2 Å². The maximum atomic E-state index is 14.3. The average Bonchev–Trinajstić information content (AvgIpc) is 4.26. The largest absolute Gasteiger partial charge is 0.420 e. The Bertz CT molecular complexity index is 3200. The highest BCUT2D eigenvalue weighted by Crippen LogP contribution is 2.54. The lowest BCUT2D eigenvalue weighted by molar-refractivity contribution is -0.136. The monoisotopic (exact) mass is 1170 g/mol. The molecule has 1 amide bonds. The highest BCUT2D eigenvalue weighted by atomic mass is 31.2. The maximum Gasteiger partial charge on any atom is 0.328 e. The minimum Gasteiger partial charge on any atom is -0.420 e. The number of nitrogens with two attached hydrogens (primary N) is 2. The molecule has 3 aliphatic rings. The first-order valence-corrected chi connectivity index (χ1v) is 28.1. The Labute approximate surface area is 443 Å². The van der Waals surface area contributed by atoms with E-state index in [1.54, 1.807) is 0 Å². The molecule has 0 aliphatic carbocycles. The van der Waals surface area contributed by atoms with E-state index in [1.807, 2.05) is 0 Å². The molecule has 3 fully saturated rings. The molecule has 0 spiro atoms. The van der Waals surface area contributed by atoms with Crippen molar-refractivity contribution in [1.82, 2.24) is 44.4 Å². The molecule has 36 heteroatoms. The van der Waals surface area contributed by atoms with Crippen molar-refractivity contribution in [3.05, 3.63) is 62.2 Å². The summed E-state index contributed by atoms with van der Waals surface area (Å²) in [6.07, 6.45) is -8.09. The molecule has 0 bridgehead atoms. The van der Waals surface area contributed by atoms with Gasteiger partial charge in [0.2, 0.25) is 35.2 Å². The van der Waals surface area contributed by atoms with Crippen LogP contribution in [0.15, 0.2) is 22.2 Å². The van der Waals surface area contributed by atoms with Gasteiger partial charge in [0, 0.05) is 25.3 Å². The summed E-state index contributed by atoms with van der Waals surface area (Å²) in [5.74, 6) is -10.8. The van der Waals surface area contributed by atoms with Gasteiger partial charge in [-0.2, -0.15) is 18.7 Å². The van der Waals surface area contributed by atoms with Gasteiger partial charge in [-0.1, -0.05) is 0 Å². The topological polar surface area (TPSA) is 390 Å². The predicted octanol–water partition coefficient (Wildman–Crippen LogP) is 0.854. The number of hydrogen-bond acceptors (Lipinski definition) is 25. The summed E-state index contributed by atoms with van der Waals surface area (Å²) >= 11 is 0. The highest BCUT2D eigenvalue weighted by molar-refractivity contribution is 7.53. The number of esters is 1. The summed E-state index contributed by atoms with van der Waals surface area (Å²) in [5.41, 5.74) is 9.01. The van der Waals surface area contributed by atoms with Crippen LogP contribution in [0.1, 0.15) is 30.9 Å². The molecule has 0 saturated carbocycles. The van der Waals surface area contributed by atoms with E-state index in [2.05, 4.69) is 40.0 Å². The van der Waals surface area contributed by atoms with Crippen LogP contribution in [0.3, 0.4) is 0 Å². The summed E-state index contributed by atoms with van der Waals surface area (Å²) in [7, 11) is -8.45. The van der Waals surface area contributed by atoms with Crippen LogP contribution in [0.4, 0.5) is 29.5 Å². The van der Waals surface area contributed by atoms with Gasteiger partial charge in [0.15, 0.2) is 46.4 Å². The number of imidazole rings is 2. The molecule has 3 saturated heterocycles. The SMILES string of the molecule is Cc1c(F)c(F)c(OC(=O)CCOCCOCCOCCOCCOCCC(=O)N[C@H]2C3OP(C)(=O)OC[C@H]4O[C@@H](n5cnc6c(=O)[nH]c(N)nc65)C(O)[C@H]4OP(C)(=O)OC[C@H]3O[C@H]2n2cnc3c(=O)[nH]c(N)nc32)c(F)c1F. The second kappa shape index (κ2) is 25.7. The zero-order valence-corrected chi connectivity index (χ0v) is 44.0. The van der Waals surface area contributed by atoms with Crippen molar-refractivity contribution in [2.45, 2.75) is 68.8 Å². The summed E-state index contributed by atoms with van der Waals surface area (Å²) in [6.45, 7) is 2.69. The quantitative estimate of drug-likeness (QED) is 0.0140. The Morgan fingerprint density at radius 3 is 1.63 bits per heavy atom. The van der Waals surface area contributed by atoms with Crippen LogP contribution in [0.5, 0.6) is 5.75 Å². The summed E-state index contributed by atoms with van der Waals surface area (Å²) in [6, 6.07) is -1.28. The third-order valence-electron chi connectivity index (χ3n) is 12.1. The molecular formula is C43H55F4N11O19P2. The summed E-state index contributed by atoms with van der Waals surface area (Å²) < 4.78 is 154. The lowest BCUT2D eigenvalue weighted by Gasteiger charge is -2.30. The fraction of sp³-hybridized carbons (Fsp3) is 0.581. The third-order valence-corrected chi connectivity index (χ3v) is 14.6. The van der Waals surface area contributed by atoms with E-state index < -0.39 is 141 Å². The molecule has 8 rings (SSSR count). The van der Waals surface area contributed by atoms with Gasteiger partial charge in [-0.15, -0.1) is 0 Å². The number of ether oxygens (including phenoxy) is 8. The Morgan fingerprint density at radius 2 is 1.13 bits per heavy atom. The van der Waals surface area contributed by atoms with Crippen LogP contribution >= 0.6 is 15.2 Å². The number of H-pyrrole nitrogens is 2. The number of aromatic amines is 2. The molecule has 30 nitrogen and oxygen atoms in total. The molecule has 4 aromatic heterocycles. The first kappa shape index (κ1) is 59.3. The van der Waals surface area contributed by atoms with E-state index in [0.717, 1.165) is 20.3 Å². The lowest BCUT2D eigenvalue weighted by Crippen LogP contribution is -2.48. The van der Waals surface area contributed by atoms with E-state index in [4.69, 9.17) is 62.7 Å². The first-order valence-electron chi connectivity index (χ1n) is 24.1. The summed E-state index contributed by atoms with van der Waals surface area (Å²) in [4.78, 5) is 72.0. The molecule has 4 unspecified atom stereocenters. The number of hydrogen-bond donors (Lipinski definition) is 6. The van der Waals surface area contributed by atoms with Crippen LogP contribution in [0.25, 0.3) is 22.3 Å². The van der Waals surface area contributed by atoms with Gasteiger partial charge in [0.1, 0.15) is 36.6 Å². The van der Waals surface area contributed by atoms with Crippen molar-refractivity contribution < 1.29 is 97.4 Å². The van der Waals surface area contributed by atoms with Crippen molar-refractivity contribution in [3.63, 3.8) is 0 Å². The smallest absolute Gasteiger partial charge is 0.328 e. The number of nitrogens with one attached hydrogen (secondary N) is 3. The normalized spacial score (nSPS) is 26.4. The van der Waals surface area contributed by atoms with Crippen molar-refractivity contribution in [3.8, 4) is 5.75 Å². The number of halogens is 4. The van der Waals surface area contributed by atoms with Crippen molar-refractivity contribution in [2.75, 3.05) is 104 Å². The van der Waals surface area contributed by atoms with Crippen LogP contribution in [-0.2, 0) is 70.0 Å². The second-order valence-corrected chi connectivity index (χ2v) is 21.8. The molecule has 10 atom stereocenters. The van der Waals surface area contributed by atoms with Gasteiger partial charge in [0.05, 0.1) is 98.4 Å². The van der Waals surface area contributed by atoms with Gasteiger partial charge in [-0.05, 0) is 6.92 Å². The number of fused-ring (bicyclic) bond motifs is 4. The average molecular weight is 1170 g/mol. The van der Waals surface area contributed by atoms with Gasteiger partial charge >= 0.3 is 21.2 Å². The molecule has 8 N–H and O–H groups in total. The van der Waals surface area contributed by atoms with Gasteiger partial charge in [0.25, 0.3) is 11.1 Å². The number of aromatic nitrogens is 8. The van der Waals surface area contributed by atoms with Crippen LogP contribution in [-0.4, -0.2) is 185 Å². The van der Waals surface area contributed by atoms with Gasteiger partial charge in [-0.3, -0.25) is 51.9 Å².